The molecule has 122 valence electrons. The third kappa shape index (κ3) is 4.27. The fourth-order valence-electron chi connectivity index (χ4n) is 2.46. The molecular formula is C15H24N4O2S. The molecule has 0 aliphatic carbocycles. The smallest absolute Gasteiger partial charge is 0.239 e. The number of thioether (sulfide) groups is 1. The number of nitrogens with two attached hydrogens (primary N) is 1. The molecule has 6 nitrogen and oxygen atoms in total. The minimum absolute atomic E-state index is 0.0623. The van der Waals surface area contributed by atoms with Crippen molar-refractivity contribution in [2.75, 3.05) is 50.2 Å². The predicted octanol–water partition coefficient (Wildman–Crippen LogP) is 0.819. The monoisotopic (exact) mass is 324 g/mol. The molecule has 22 heavy (non-hydrogen) atoms. The number of aromatic nitrogens is 1. The summed E-state index contributed by atoms with van der Waals surface area (Å²) in [6.45, 7) is 2.90. The van der Waals surface area contributed by atoms with E-state index in [0.717, 1.165) is 36.8 Å². The van der Waals surface area contributed by atoms with Crippen LogP contribution in [-0.4, -0.2) is 67.1 Å². The number of nitrogens with zero attached hydrogens (tertiary/aromatic N) is 3. The highest BCUT2D eigenvalue weighted by Crippen LogP contribution is 2.19. The molecule has 1 aliphatic rings. The van der Waals surface area contributed by atoms with Crippen molar-refractivity contribution in [3.8, 4) is 5.75 Å². The number of amides is 1. The molecule has 0 bridgehead atoms. The molecule has 0 spiro atoms. The van der Waals surface area contributed by atoms with Gasteiger partial charge < -0.3 is 20.3 Å². The highest BCUT2D eigenvalue weighted by molar-refractivity contribution is 7.98. The van der Waals surface area contributed by atoms with Crippen molar-refractivity contribution in [3.63, 3.8) is 0 Å². The van der Waals surface area contributed by atoms with Crippen molar-refractivity contribution in [2.45, 2.75) is 12.5 Å². The van der Waals surface area contributed by atoms with Crippen LogP contribution in [0.25, 0.3) is 0 Å². The third-order valence-corrected chi connectivity index (χ3v) is 4.46. The summed E-state index contributed by atoms with van der Waals surface area (Å²) in [4.78, 5) is 20.7. The molecule has 1 amide bonds. The van der Waals surface area contributed by atoms with Crippen LogP contribution in [0.1, 0.15) is 6.42 Å². The standard InChI is InChI=1S/C15H24N4O2S/c1-21-12-3-5-17-14(11-12)18-6-8-19(9-7-18)15(20)13(16)4-10-22-2/h3,5,11,13H,4,6-10,16H2,1-2H3/t13-/m0/s1. The minimum atomic E-state index is -0.381. The first kappa shape index (κ1) is 16.9. The summed E-state index contributed by atoms with van der Waals surface area (Å²) in [5.74, 6) is 2.66. The van der Waals surface area contributed by atoms with Crippen LogP contribution in [0.2, 0.25) is 0 Å². The number of methoxy groups -OCH3 is 1. The number of pyridine rings is 1. The molecule has 0 radical (unpaired) electrons. The van der Waals surface area contributed by atoms with Crippen LogP contribution in [0.3, 0.4) is 0 Å². The summed E-state index contributed by atoms with van der Waals surface area (Å²) in [5.41, 5.74) is 5.97. The lowest BCUT2D eigenvalue weighted by Crippen LogP contribution is -2.53. The van der Waals surface area contributed by atoms with Gasteiger partial charge in [-0.05, 0) is 24.5 Å². The van der Waals surface area contributed by atoms with Gasteiger partial charge in [0.2, 0.25) is 5.91 Å². The number of hydrogen-bond donors (Lipinski definition) is 1. The molecule has 2 rings (SSSR count). The van der Waals surface area contributed by atoms with Crippen LogP contribution in [0, 0.1) is 0 Å². The van der Waals surface area contributed by atoms with Gasteiger partial charge in [-0.3, -0.25) is 4.79 Å². The van der Waals surface area contributed by atoms with Gasteiger partial charge in [-0.25, -0.2) is 4.98 Å². The highest BCUT2D eigenvalue weighted by atomic mass is 32.2. The van der Waals surface area contributed by atoms with Crippen LogP contribution in [0.15, 0.2) is 18.3 Å². The Bertz CT molecular complexity index is 492. The van der Waals surface area contributed by atoms with E-state index in [4.69, 9.17) is 10.5 Å². The Kier molecular flexibility index (Phi) is 6.33. The molecule has 1 aliphatic heterocycles. The number of rotatable bonds is 6. The Morgan fingerprint density at radius 2 is 2.18 bits per heavy atom. The molecule has 1 fully saturated rings. The van der Waals surface area contributed by atoms with E-state index in [0.29, 0.717) is 13.1 Å². The Labute approximate surface area is 136 Å². The van der Waals surface area contributed by atoms with Crippen LogP contribution < -0.4 is 15.4 Å². The van der Waals surface area contributed by atoms with E-state index in [1.807, 2.05) is 23.3 Å². The first-order chi connectivity index (χ1) is 10.7. The lowest BCUT2D eigenvalue weighted by atomic mass is 10.2. The average molecular weight is 324 g/mol. The second-order valence-electron chi connectivity index (χ2n) is 5.25. The maximum absolute atomic E-state index is 12.3. The summed E-state index contributed by atoms with van der Waals surface area (Å²) in [6, 6.07) is 3.37. The Hall–Kier alpha value is -1.47. The lowest BCUT2D eigenvalue weighted by molar-refractivity contribution is -0.132. The number of ether oxygens (including phenoxy) is 1. The third-order valence-electron chi connectivity index (χ3n) is 3.82. The van der Waals surface area contributed by atoms with Gasteiger partial charge in [-0.15, -0.1) is 0 Å². The largest absolute Gasteiger partial charge is 0.497 e. The average Bonchev–Trinajstić information content (AvgIpc) is 2.59. The summed E-state index contributed by atoms with van der Waals surface area (Å²) in [6.07, 6.45) is 4.50. The fraction of sp³-hybridized carbons (Fsp3) is 0.600. The van der Waals surface area contributed by atoms with Gasteiger partial charge in [0.1, 0.15) is 11.6 Å². The molecule has 1 saturated heterocycles. The Balaban J connectivity index is 1.88. The molecule has 1 aromatic heterocycles. The molecule has 2 heterocycles. The van der Waals surface area contributed by atoms with Crippen molar-refractivity contribution in [1.82, 2.24) is 9.88 Å². The van der Waals surface area contributed by atoms with Gasteiger partial charge in [-0.2, -0.15) is 11.8 Å². The zero-order valence-electron chi connectivity index (χ0n) is 13.2. The van der Waals surface area contributed by atoms with Gasteiger partial charge in [0.25, 0.3) is 0 Å². The first-order valence-corrected chi connectivity index (χ1v) is 8.83. The van der Waals surface area contributed by atoms with Crippen molar-refractivity contribution < 1.29 is 9.53 Å². The van der Waals surface area contributed by atoms with Gasteiger partial charge in [0.05, 0.1) is 13.2 Å². The highest BCUT2D eigenvalue weighted by Gasteiger charge is 2.25. The molecule has 2 N–H and O–H groups in total. The van der Waals surface area contributed by atoms with E-state index >= 15 is 0 Å². The van der Waals surface area contributed by atoms with Crippen molar-refractivity contribution in [1.29, 1.82) is 0 Å². The quantitative estimate of drug-likeness (QED) is 0.835. The SMILES string of the molecule is COc1ccnc(N2CCN(C(=O)[C@@H](N)CCSC)CC2)c1. The van der Waals surface area contributed by atoms with Crippen LogP contribution in [0.5, 0.6) is 5.75 Å². The van der Waals surface area contributed by atoms with E-state index in [2.05, 4.69) is 9.88 Å². The summed E-state index contributed by atoms with van der Waals surface area (Å²) >= 11 is 1.72. The lowest BCUT2D eigenvalue weighted by Gasteiger charge is -2.36. The van der Waals surface area contributed by atoms with Crippen molar-refractivity contribution in [3.05, 3.63) is 18.3 Å². The molecular weight excluding hydrogens is 300 g/mol. The van der Waals surface area contributed by atoms with Gasteiger partial charge in [0.15, 0.2) is 0 Å². The number of hydrogen-bond acceptors (Lipinski definition) is 6. The van der Waals surface area contributed by atoms with E-state index in [1.54, 1.807) is 25.1 Å². The second kappa shape index (κ2) is 8.24. The summed E-state index contributed by atoms with van der Waals surface area (Å²) in [5, 5.41) is 0. The molecule has 0 aromatic carbocycles. The van der Waals surface area contributed by atoms with Crippen molar-refractivity contribution in [2.24, 2.45) is 5.73 Å². The minimum Gasteiger partial charge on any atom is -0.497 e. The van der Waals surface area contributed by atoms with Gasteiger partial charge in [-0.1, -0.05) is 0 Å². The maximum atomic E-state index is 12.3. The predicted molar refractivity (Wildman–Crippen MR) is 90.6 cm³/mol. The van der Waals surface area contributed by atoms with Gasteiger partial charge in [0, 0.05) is 38.4 Å². The number of piperazine rings is 1. The van der Waals surface area contributed by atoms with Gasteiger partial charge >= 0.3 is 0 Å². The molecule has 7 heteroatoms. The Morgan fingerprint density at radius 3 is 2.82 bits per heavy atom. The fourth-order valence-corrected chi connectivity index (χ4v) is 2.95. The molecule has 0 unspecified atom stereocenters. The van der Waals surface area contributed by atoms with Crippen LogP contribution in [-0.2, 0) is 4.79 Å². The zero-order chi connectivity index (χ0) is 15.9. The second-order valence-corrected chi connectivity index (χ2v) is 6.24. The Morgan fingerprint density at radius 1 is 1.45 bits per heavy atom. The number of carbonyl (C=O) groups excluding carboxylic acids is 1. The van der Waals surface area contributed by atoms with Crippen molar-refractivity contribution >= 4 is 23.5 Å². The molecule has 0 saturated carbocycles. The topological polar surface area (TPSA) is 71.7 Å². The normalized spacial score (nSPS) is 16.5. The van der Waals surface area contributed by atoms with E-state index < -0.39 is 0 Å². The van der Waals surface area contributed by atoms with Crippen LogP contribution in [0.4, 0.5) is 5.82 Å². The molecule has 1 aromatic rings. The summed E-state index contributed by atoms with van der Waals surface area (Å²) < 4.78 is 5.22. The summed E-state index contributed by atoms with van der Waals surface area (Å²) in [7, 11) is 1.64. The van der Waals surface area contributed by atoms with E-state index in [9.17, 15) is 4.79 Å². The van der Waals surface area contributed by atoms with E-state index in [1.165, 1.54) is 0 Å². The first-order valence-electron chi connectivity index (χ1n) is 7.44. The number of carbonyl (C=O) groups is 1. The maximum Gasteiger partial charge on any atom is 0.239 e. The zero-order valence-corrected chi connectivity index (χ0v) is 14.0. The number of anilines is 1. The van der Waals surface area contributed by atoms with E-state index in [-0.39, 0.29) is 11.9 Å². The molecule has 1 atom stereocenters. The van der Waals surface area contributed by atoms with Crippen LogP contribution >= 0.6 is 11.8 Å².